The molecule has 1 amide bonds. The summed E-state index contributed by atoms with van der Waals surface area (Å²) in [5.41, 5.74) is 4.50. The van der Waals surface area contributed by atoms with Gasteiger partial charge < -0.3 is 9.47 Å². The summed E-state index contributed by atoms with van der Waals surface area (Å²) in [5, 5.41) is 14.8. The third-order valence-electron chi connectivity index (χ3n) is 4.36. The first-order valence-electron chi connectivity index (χ1n) is 9.79. The van der Waals surface area contributed by atoms with E-state index < -0.39 is 4.92 Å². The van der Waals surface area contributed by atoms with Crippen LogP contribution in [0.4, 0.5) is 5.69 Å². The van der Waals surface area contributed by atoms with E-state index in [0.717, 1.165) is 11.1 Å². The third kappa shape index (κ3) is 6.87. The molecule has 0 bridgehead atoms. The van der Waals surface area contributed by atoms with Crippen molar-refractivity contribution < 1.29 is 19.2 Å². The lowest BCUT2D eigenvalue weighted by Crippen LogP contribution is -2.17. The van der Waals surface area contributed by atoms with Gasteiger partial charge in [0.25, 0.3) is 11.6 Å². The Bertz CT molecular complexity index is 1140. The lowest BCUT2D eigenvalue weighted by Gasteiger charge is -2.11. The van der Waals surface area contributed by atoms with Crippen molar-refractivity contribution >= 4 is 49.7 Å². The van der Waals surface area contributed by atoms with Gasteiger partial charge in [-0.3, -0.25) is 14.9 Å². The van der Waals surface area contributed by atoms with Crippen LogP contribution in [0.25, 0.3) is 0 Å². The zero-order chi connectivity index (χ0) is 23.8. The highest BCUT2D eigenvalue weighted by atomic mass is 79.9. The van der Waals surface area contributed by atoms with Crippen molar-refractivity contribution in [1.82, 2.24) is 5.43 Å². The predicted molar refractivity (Wildman–Crippen MR) is 132 cm³/mol. The Kier molecular flexibility index (Phi) is 8.56. The van der Waals surface area contributed by atoms with Gasteiger partial charge in [0.15, 0.2) is 0 Å². The van der Waals surface area contributed by atoms with E-state index in [0.29, 0.717) is 32.6 Å². The van der Waals surface area contributed by atoms with E-state index in [1.807, 2.05) is 6.92 Å². The number of nitrogens with one attached hydrogen (secondary N) is 1. The summed E-state index contributed by atoms with van der Waals surface area (Å²) in [6.45, 7) is 2.69. The van der Waals surface area contributed by atoms with Gasteiger partial charge in [-0.25, -0.2) is 5.43 Å². The average molecular weight is 577 g/mol. The van der Waals surface area contributed by atoms with E-state index in [2.05, 4.69) is 42.4 Å². The van der Waals surface area contributed by atoms with Crippen LogP contribution in [0.5, 0.6) is 11.5 Å². The maximum absolute atomic E-state index is 12.2. The lowest BCUT2D eigenvalue weighted by molar-refractivity contribution is -0.384. The van der Waals surface area contributed by atoms with Crippen molar-refractivity contribution in [3.63, 3.8) is 0 Å². The second-order valence-corrected chi connectivity index (χ2v) is 8.39. The van der Waals surface area contributed by atoms with Crippen molar-refractivity contribution in [2.24, 2.45) is 5.10 Å². The van der Waals surface area contributed by atoms with Crippen LogP contribution in [0.2, 0.25) is 0 Å². The fraction of sp³-hybridized carbons (Fsp3) is 0.130. The molecule has 0 saturated heterocycles. The van der Waals surface area contributed by atoms with Crippen LogP contribution in [0.3, 0.4) is 0 Å². The summed E-state index contributed by atoms with van der Waals surface area (Å²) in [6.07, 6.45) is 1.52. The predicted octanol–water partition coefficient (Wildman–Crippen LogP) is 5.86. The molecule has 170 valence electrons. The third-order valence-corrected chi connectivity index (χ3v) is 5.54. The second kappa shape index (κ2) is 11.6. The minimum Gasteiger partial charge on any atom is -0.494 e. The molecule has 0 aliphatic carbocycles. The van der Waals surface area contributed by atoms with Gasteiger partial charge in [0.1, 0.15) is 18.1 Å². The largest absolute Gasteiger partial charge is 0.494 e. The summed E-state index contributed by atoms with van der Waals surface area (Å²) in [6, 6.07) is 16.5. The lowest BCUT2D eigenvalue weighted by atomic mass is 10.2. The van der Waals surface area contributed by atoms with E-state index in [1.165, 1.54) is 18.3 Å². The molecule has 0 spiro atoms. The average Bonchev–Trinajstić information content (AvgIpc) is 2.79. The number of non-ortho nitro benzene ring substituents is 1. The molecule has 0 heterocycles. The fourth-order valence-electron chi connectivity index (χ4n) is 2.76. The molecule has 8 nitrogen and oxygen atoms in total. The number of carbonyl (C=O) groups is 1. The molecular weight excluding hydrogens is 558 g/mol. The molecule has 1 N–H and O–H groups in total. The highest BCUT2D eigenvalue weighted by Crippen LogP contribution is 2.35. The van der Waals surface area contributed by atoms with E-state index in [4.69, 9.17) is 9.47 Å². The summed E-state index contributed by atoms with van der Waals surface area (Å²) in [4.78, 5) is 22.5. The topological polar surface area (TPSA) is 103 Å². The van der Waals surface area contributed by atoms with Crippen molar-refractivity contribution in [1.29, 1.82) is 0 Å². The number of hydrazone groups is 1. The van der Waals surface area contributed by atoms with Crippen molar-refractivity contribution in [3.05, 3.63) is 96.4 Å². The smallest absolute Gasteiger partial charge is 0.271 e. The molecule has 0 atom stereocenters. The molecule has 3 aromatic rings. The molecule has 0 aliphatic heterocycles. The van der Waals surface area contributed by atoms with Crippen LogP contribution in [-0.4, -0.2) is 23.7 Å². The van der Waals surface area contributed by atoms with Gasteiger partial charge in [-0.2, -0.15) is 5.10 Å². The number of carbonyl (C=O) groups excluding carboxylic acids is 1. The molecular formula is C23H19Br2N3O5. The molecule has 3 rings (SSSR count). The minimum atomic E-state index is -0.446. The van der Waals surface area contributed by atoms with Gasteiger partial charge in [0, 0.05) is 17.7 Å². The van der Waals surface area contributed by atoms with Crippen molar-refractivity contribution in [2.75, 3.05) is 6.61 Å². The highest BCUT2D eigenvalue weighted by Gasteiger charge is 2.10. The monoisotopic (exact) mass is 575 g/mol. The van der Waals surface area contributed by atoms with E-state index in [1.54, 1.807) is 48.5 Å². The molecule has 0 saturated carbocycles. The molecule has 0 aromatic heterocycles. The molecule has 33 heavy (non-hydrogen) atoms. The van der Waals surface area contributed by atoms with Crippen LogP contribution in [0.15, 0.2) is 74.7 Å². The van der Waals surface area contributed by atoms with Gasteiger partial charge >= 0.3 is 0 Å². The summed E-state index contributed by atoms with van der Waals surface area (Å²) in [7, 11) is 0. The van der Waals surface area contributed by atoms with E-state index in [-0.39, 0.29) is 18.2 Å². The molecule has 0 radical (unpaired) electrons. The maximum Gasteiger partial charge on any atom is 0.271 e. The SMILES string of the molecule is CCOc1ccc(C(=O)N/N=C\c2cc(Br)c(OCc3ccc([N+](=O)[O-])cc3)c(Br)c2)cc1. The Morgan fingerprint density at radius 2 is 1.70 bits per heavy atom. The van der Waals surface area contributed by atoms with Gasteiger partial charge in [-0.15, -0.1) is 0 Å². The summed E-state index contributed by atoms with van der Waals surface area (Å²) < 4.78 is 12.6. The van der Waals surface area contributed by atoms with Crippen molar-refractivity contribution in [3.8, 4) is 11.5 Å². The number of nitro groups is 1. The molecule has 10 heteroatoms. The number of hydrogen-bond acceptors (Lipinski definition) is 6. The fourth-order valence-corrected chi connectivity index (χ4v) is 4.21. The molecule has 0 fully saturated rings. The van der Waals surface area contributed by atoms with E-state index in [9.17, 15) is 14.9 Å². The Morgan fingerprint density at radius 1 is 1.06 bits per heavy atom. The van der Waals surface area contributed by atoms with Gasteiger partial charge in [0.05, 0.1) is 26.7 Å². The highest BCUT2D eigenvalue weighted by molar-refractivity contribution is 9.11. The Labute approximate surface area is 207 Å². The number of nitrogens with zero attached hydrogens (tertiary/aromatic N) is 2. The quantitative estimate of drug-likeness (QED) is 0.195. The first-order valence-corrected chi connectivity index (χ1v) is 11.4. The van der Waals surface area contributed by atoms with Crippen LogP contribution >= 0.6 is 31.9 Å². The van der Waals surface area contributed by atoms with Gasteiger partial charge in [-0.1, -0.05) is 0 Å². The maximum atomic E-state index is 12.2. The Balaban J connectivity index is 1.60. The van der Waals surface area contributed by atoms with E-state index >= 15 is 0 Å². The number of amides is 1. The number of hydrogen-bond donors (Lipinski definition) is 1. The normalized spacial score (nSPS) is 10.8. The number of halogens is 2. The van der Waals surface area contributed by atoms with Crippen LogP contribution in [0.1, 0.15) is 28.4 Å². The summed E-state index contributed by atoms with van der Waals surface area (Å²) in [5.74, 6) is 0.933. The molecule has 0 aliphatic rings. The van der Waals surface area contributed by atoms with Gasteiger partial charge in [-0.05, 0) is 98.4 Å². The first-order chi connectivity index (χ1) is 15.9. The Hall–Kier alpha value is -3.24. The molecule has 0 unspecified atom stereocenters. The van der Waals surface area contributed by atoms with Crippen LogP contribution < -0.4 is 14.9 Å². The van der Waals surface area contributed by atoms with Gasteiger partial charge in [0.2, 0.25) is 0 Å². The Morgan fingerprint density at radius 3 is 2.27 bits per heavy atom. The number of rotatable bonds is 9. The zero-order valence-electron chi connectivity index (χ0n) is 17.5. The first kappa shape index (κ1) is 24.4. The second-order valence-electron chi connectivity index (χ2n) is 6.68. The number of ether oxygens (including phenoxy) is 2. The zero-order valence-corrected chi connectivity index (χ0v) is 20.6. The minimum absolute atomic E-state index is 0.0272. The molecule has 3 aromatic carbocycles. The standard InChI is InChI=1S/C23H19Br2N3O5/c1-2-32-19-9-5-17(6-10-19)23(29)27-26-13-16-11-20(24)22(21(25)12-16)33-14-15-3-7-18(8-4-15)28(30)31/h3-13H,2,14H2,1H3,(H,27,29)/b26-13-. The number of benzene rings is 3. The van der Waals surface area contributed by atoms with Crippen LogP contribution in [-0.2, 0) is 6.61 Å². The van der Waals surface area contributed by atoms with Crippen LogP contribution in [0, 0.1) is 10.1 Å². The number of nitro benzene ring substituents is 1. The summed E-state index contributed by atoms with van der Waals surface area (Å²) >= 11 is 6.95. The van der Waals surface area contributed by atoms with Crippen molar-refractivity contribution in [2.45, 2.75) is 13.5 Å².